The molecule has 0 aromatic carbocycles. The number of hydrogen-bond acceptors (Lipinski definition) is 3. The van der Waals surface area contributed by atoms with Gasteiger partial charge in [-0.3, -0.25) is 9.59 Å². The van der Waals surface area contributed by atoms with Crippen molar-refractivity contribution >= 4 is 11.8 Å². The highest BCUT2D eigenvalue weighted by atomic mass is 16.2. The molecule has 2 amide bonds. The fourth-order valence-electron chi connectivity index (χ4n) is 2.57. The van der Waals surface area contributed by atoms with Crippen molar-refractivity contribution in [2.24, 2.45) is 11.1 Å². The largest absolute Gasteiger partial charge is 0.339 e. The normalized spacial score (nSPS) is 16.2. The second-order valence-corrected chi connectivity index (χ2v) is 6.88. The Hall–Kier alpha value is -1.10. The Morgan fingerprint density at radius 2 is 1.43 bits per heavy atom. The minimum atomic E-state index is -0.338. The number of piperazine rings is 1. The van der Waals surface area contributed by atoms with Crippen LogP contribution in [0.15, 0.2) is 0 Å². The third-order valence-electron chi connectivity index (χ3n) is 3.91. The smallest absolute Gasteiger partial charge is 0.228 e. The first-order valence-corrected chi connectivity index (χ1v) is 8.13. The van der Waals surface area contributed by atoms with Crippen LogP contribution in [0, 0.1) is 5.41 Å². The van der Waals surface area contributed by atoms with E-state index in [-0.39, 0.29) is 17.2 Å². The van der Waals surface area contributed by atoms with Gasteiger partial charge in [-0.2, -0.15) is 0 Å². The fraction of sp³-hybridized carbons (Fsp3) is 0.875. The van der Waals surface area contributed by atoms with Gasteiger partial charge in [-0.15, -0.1) is 0 Å². The lowest BCUT2D eigenvalue weighted by atomic mass is 9.94. The Labute approximate surface area is 128 Å². The number of amides is 2. The summed E-state index contributed by atoms with van der Waals surface area (Å²) in [7, 11) is 0. The molecular weight excluding hydrogens is 266 g/mol. The molecule has 0 aliphatic carbocycles. The predicted octanol–water partition coefficient (Wildman–Crippen LogP) is 1.61. The molecule has 0 spiro atoms. The van der Waals surface area contributed by atoms with Crippen LogP contribution in [0.4, 0.5) is 0 Å². The van der Waals surface area contributed by atoms with Crippen LogP contribution in [-0.2, 0) is 9.59 Å². The molecule has 1 fully saturated rings. The molecule has 0 unspecified atom stereocenters. The maximum absolute atomic E-state index is 12.2. The molecule has 1 heterocycles. The van der Waals surface area contributed by atoms with E-state index in [9.17, 15) is 9.59 Å². The maximum Gasteiger partial charge on any atom is 0.228 e. The fourth-order valence-corrected chi connectivity index (χ4v) is 2.57. The van der Waals surface area contributed by atoms with Gasteiger partial charge in [0.2, 0.25) is 11.8 Å². The van der Waals surface area contributed by atoms with E-state index in [1.807, 2.05) is 30.6 Å². The highest BCUT2D eigenvalue weighted by Gasteiger charge is 2.30. The Morgan fingerprint density at radius 3 is 1.95 bits per heavy atom. The number of nitrogens with zero attached hydrogens (tertiary/aromatic N) is 2. The van der Waals surface area contributed by atoms with Crippen LogP contribution in [-0.4, -0.2) is 54.3 Å². The zero-order valence-corrected chi connectivity index (χ0v) is 13.9. The number of unbranched alkanes of at least 4 members (excludes halogenated alkanes) is 3. The monoisotopic (exact) mass is 297 g/mol. The van der Waals surface area contributed by atoms with Crippen LogP contribution in [0.3, 0.4) is 0 Å². The van der Waals surface area contributed by atoms with Crippen LogP contribution in [0.2, 0.25) is 0 Å². The summed E-state index contributed by atoms with van der Waals surface area (Å²) in [5.74, 6) is 0.405. The van der Waals surface area contributed by atoms with Crippen molar-refractivity contribution in [1.29, 1.82) is 0 Å². The van der Waals surface area contributed by atoms with E-state index >= 15 is 0 Å². The summed E-state index contributed by atoms with van der Waals surface area (Å²) in [6.45, 7) is 9.21. The molecule has 2 N–H and O–H groups in total. The molecule has 5 nitrogen and oxygen atoms in total. The van der Waals surface area contributed by atoms with Crippen LogP contribution >= 0.6 is 0 Å². The SMILES string of the molecule is CC(C)(C)C(=O)N1CCN(C(=O)CCCCCCN)CC1. The van der Waals surface area contributed by atoms with Crippen LogP contribution in [0.5, 0.6) is 0 Å². The number of carbonyl (C=O) groups excluding carboxylic acids is 2. The van der Waals surface area contributed by atoms with Gasteiger partial charge in [0.05, 0.1) is 0 Å². The zero-order chi connectivity index (χ0) is 15.9. The van der Waals surface area contributed by atoms with Gasteiger partial charge in [-0.25, -0.2) is 0 Å². The summed E-state index contributed by atoms with van der Waals surface area (Å²) in [5, 5.41) is 0. The first kappa shape index (κ1) is 18.0. The zero-order valence-electron chi connectivity index (χ0n) is 13.9. The third kappa shape index (κ3) is 6.04. The lowest BCUT2D eigenvalue weighted by Crippen LogP contribution is -2.53. The average Bonchev–Trinajstić information content (AvgIpc) is 2.45. The summed E-state index contributed by atoms with van der Waals surface area (Å²) in [6, 6.07) is 0. The van der Waals surface area contributed by atoms with E-state index < -0.39 is 0 Å². The first-order chi connectivity index (χ1) is 9.86. The highest BCUT2D eigenvalue weighted by molar-refractivity contribution is 5.82. The summed E-state index contributed by atoms with van der Waals surface area (Å²) < 4.78 is 0. The van der Waals surface area contributed by atoms with E-state index in [0.29, 0.717) is 32.6 Å². The minimum Gasteiger partial charge on any atom is -0.339 e. The number of carbonyl (C=O) groups is 2. The molecule has 1 aliphatic rings. The molecule has 21 heavy (non-hydrogen) atoms. The Kier molecular flexibility index (Phi) is 7.15. The van der Waals surface area contributed by atoms with Crippen molar-refractivity contribution in [2.45, 2.75) is 52.9 Å². The summed E-state index contributed by atoms with van der Waals surface area (Å²) in [4.78, 5) is 28.1. The van der Waals surface area contributed by atoms with E-state index in [1.165, 1.54) is 0 Å². The summed E-state index contributed by atoms with van der Waals surface area (Å²) >= 11 is 0. The lowest BCUT2D eigenvalue weighted by molar-refractivity contribution is -0.145. The Balaban J connectivity index is 2.26. The minimum absolute atomic E-state index is 0.177. The average molecular weight is 297 g/mol. The van der Waals surface area contributed by atoms with Crippen LogP contribution in [0.1, 0.15) is 52.9 Å². The van der Waals surface area contributed by atoms with E-state index in [2.05, 4.69) is 0 Å². The number of nitrogens with two attached hydrogens (primary N) is 1. The molecule has 0 bridgehead atoms. The highest BCUT2D eigenvalue weighted by Crippen LogP contribution is 2.19. The molecule has 0 atom stereocenters. The summed E-state index contributed by atoms with van der Waals surface area (Å²) in [5.41, 5.74) is 5.11. The quantitative estimate of drug-likeness (QED) is 0.757. The lowest BCUT2D eigenvalue weighted by Gasteiger charge is -2.37. The molecule has 0 saturated carbocycles. The molecule has 1 saturated heterocycles. The first-order valence-electron chi connectivity index (χ1n) is 8.13. The van der Waals surface area contributed by atoms with Crippen molar-refractivity contribution in [3.05, 3.63) is 0 Å². The molecule has 0 aromatic heterocycles. The van der Waals surface area contributed by atoms with Gasteiger partial charge in [0.1, 0.15) is 0 Å². The molecule has 122 valence electrons. The van der Waals surface area contributed by atoms with E-state index in [4.69, 9.17) is 5.73 Å². The van der Waals surface area contributed by atoms with Gasteiger partial charge in [0.15, 0.2) is 0 Å². The Bertz CT molecular complexity index is 342. The molecule has 1 rings (SSSR count). The van der Waals surface area contributed by atoms with Gasteiger partial charge in [-0.05, 0) is 19.4 Å². The van der Waals surface area contributed by atoms with Crippen molar-refractivity contribution < 1.29 is 9.59 Å². The molecule has 5 heteroatoms. The van der Waals surface area contributed by atoms with Gasteiger partial charge in [0.25, 0.3) is 0 Å². The van der Waals surface area contributed by atoms with Crippen molar-refractivity contribution in [1.82, 2.24) is 9.80 Å². The molecule has 1 aliphatic heterocycles. The van der Waals surface area contributed by atoms with Gasteiger partial charge in [-0.1, -0.05) is 33.6 Å². The van der Waals surface area contributed by atoms with Crippen molar-refractivity contribution in [3.8, 4) is 0 Å². The number of hydrogen-bond donors (Lipinski definition) is 1. The standard InChI is InChI=1S/C16H31N3O2/c1-16(2,3)15(21)19-12-10-18(11-13-19)14(20)8-6-4-5-7-9-17/h4-13,17H2,1-3H3. The van der Waals surface area contributed by atoms with Gasteiger partial charge >= 0.3 is 0 Å². The number of rotatable bonds is 6. The van der Waals surface area contributed by atoms with Crippen LogP contribution < -0.4 is 5.73 Å². The Morgan fingerprint density at radius 1 is 0.905 bits per heavy atom. The van der Waals surface area contributed by atoms with E-state index in [1.54, 1.807) is 0 Å². The summed E-state index contributed by atoms with van der Waals surface area (Å²) in [6.07, 6.45) is 4.79. The second-order valence-electron chi connectivity index (χ2n) is 6.88. The van der Waals surface area contributed by atoms with Crippen LogP contribution in [0.25, 0.3) is 0 Å². The van der Waals surface area contributed by atoms with Crippen molar-refractivity contribution in [3.63, 3.8) is 0 Å². The van der Waals surface area contributed by atoms with Crippen molar-refractivity contribution in [2.75, 3.05) is 32.7 Å². The maximum atomic E-state index is 12.2. The molecular formula is C16H31N3O2. The van der Waals surface area contributed by atoms with Gasteiger partial charge in [0, 0.05) is 38.0 Å². The second kappa shape index (κ2) is 8.37. The third-order valence-corrected chi connectivity index (χ3v) is 3.91. The van der Waals surface area contributed by atoms with Gasteiger partial charge < -0.3 is 15.5 Å². The predicted molar refractivity (Wildman–Crippen MR) is 84.8 cm³/mol. The molecule has 0 aromatic rings. The van der Waals surface area contributed by atoms with E-state index in [0.717, 1.165) is 32.2 Å². The topological polar surface area (TPSA) is 66.6 Å². The molecule has 0 radical (unpaired) electrons.